The van der Waals surface area contributed by atoms with Crippen molar-refractivity contribution in [2.24, 2.45) is 0 Å². The summed E-state index contributed by atoms with van der Waals surface area (Å²) in [5.74, 6) is -0.254. The molecule has 0 N–H and O–H groups in total. The van der Waals surface area contributed by atoms with Gasteiger partial charge in [0.2, 0.25) is 0 Å². The minimum Gasteiger partial charge on any atom is -0.465 e. The summed E-state index contributed by atoms with van der Waals surface area (Å²) >= 11 is 3.94. The largest absolute Gasteiger partial charge is 0.465 e. The van der Waals surface area contributed by atoms with Gasteiger partial charge in [-0.05, 0) is 19.8 Å². The standard InChI is InChI=1S/C8H16O3S/c1-7(12)8(9)11-6-4-3-5-10-2/h7,12H,3-6H2,1-2H3. The van der Waals surface area contributed by atoms with E-state index < -0.39 is 0 Å². The highest BCUT2D eigenvalue weighted by Gasteiger charge is 2.07. The first-order valence-electron chi connectivity index (χ1n) is 4.02. The van der Waals surface area contributed by atoms with Crippen molar-refractivity contribution in [3.8, 4) is 0 Å². The number of ether oxygens (including phenoxy) is 2. The van der Waals surface area contributed by atoms with Crippen molar-refractivity contribution in [1.82, 2.24) is 0 Å². The van der Waals surface area contributed by atoms with Crippen LogP contribution in [0, 0.1) is 0 Å². The molecule has 0 saturated heterocycles. The highest BCUT2D eigenvalue weighted by molar-refractivity contribution is 7.81. The number of carbonyl (C=O) groups excluding carboxylic acids is 1. The minimum absolute atomic E-state index is 0.254. The summed E-state index contributed by atoms with van der Waals surface area (Å²) in [5.41, 5.74) is 0. The number of thiol groups is 1. The van der Waals surface area contributed by atoms with Crippen LogP contribution in [-0.2, 0) is 14.3 Å². The maximum absolute atomic E-state index is 10.8. The Morgan fingerprint density at radius 3 is 2.50 bits per heavy atom. The Labute approximate surface area is 78.8 Å². The van der Waals surface area contributed by atoms with Gasteiger partial charge in [0.05, 0.1) is 11.9 Å². The molecule has 0 saturated carbocycles. The van der Waals surface area contributed by atoms with Crippen LogP contribution in [0.25, 0.3) is 0 Å². The van der Waals surface area contributed by atoms with Gasteiger partial charge in [0.25, 0.3) is 0 Å². The summed E-state index contributed by atoms with van der Waals surface area (Å²) in [6, 6.07) is 0. The number of rotatable bonds is 6. The molecule has 4 heteroatoms. The Hall–Kier alpha value is -0.220. The van der Waals surface area contributed by atoms with Crippen LogP contribution in [0.5, 0.6) is 0 Å². The van der Waals surface area contributed by atoms with Crippen LogP contribution >= 0.6 is 12.6 Å². The fraction of sp³-hybridized carbons (Fsp3) is 0.875. The lowest BCUT2D eigenvalue weighted by molar-refractivity contribution is -0.142. The topological polar surface area (TPSA) is 35.5 Å². The predicted molar refractivity (Wildman–Crippen MR) is 50.5 cm³/mol. The molecule has 0 amide bonds. The predicted octanol–water partition coefficient (Wildman–Crippen LogP) is 1.27. The van der Waals surface area contributed by atoms with E-state index in [1.54, 1.807) is 14.0 Å². The van der Waals surface area contributed by atoms with Crippen molar-refractivity contribution < 1.29 is 14.3 Å². The Morgan fingerprint density at radius 2 is 2.00 bits per heavy atom. The fourth-order valence-corrected chi connectivity index (χ4v) is 0.716. The average Bonchev–Trinajstić information content (AvgIpc) is 2.03. The van der Waals surface area contributed by atoms with Gasteiger partial charge in [0.1, 0.15) is 0 Å². The second kappa shape index (κ2) is 7.43. The van der Waals surface area contributed by atoms with Gasteiger partial charge in [-0.3, -0.25) is 4.79 Å². The van der Waals surface area contributed by atoms with Gasteiger partial charge >= 0.3 is 5.97 Å². The third-order valence-electron chi connectivity index (χ3n) is 1.33. The molecule has 0 aromatic carbocycles. The van der Waals surface area contributed by atoms with Crippen molar-refractivity contribution >= 4 is 18.6 Å². The molecule has 0 bridgehead atoms. The van der Waals surface area contributed by atoms with Crippen LogP contribution in [0.15, 0.2) is 0 Å². The van der Waals surface area contributed by atoms with E-state index in [4.69, 9.17) is 9.47 Å². The molecule has 0 aliphatic rings. The van der Waals surface area contributed by atoms with Crippen LogP contribution in [0.4, 0.5) is 0 Å². The molecule has 72 valence electrons. The molecule has 0 aromatic rings. The normalized spacial score (nSPS) is 12.6. The first-order chi connectivity index (χ1) is 5.68. The summed E-state index contributed by atoms with van der Waals surface area (Å²) in [6.45, 7) is 2.88. The van der Waals surface area contributed by atoms with Gasteiger partial charge in [-0.15, -0.1) is 0 Å². The average molecular weight is 192 g/mol. The lowest BCUT2D eigenvalue weighted by atomic mass is 10.3. The molecule has 0 aromatic heterocycles. The van der Waals surface area contributed by atoms with Gasteiger partial charge in [-0.2, -0.15) is 12.6 Å². The zero-order valence-corrected chi connectivity index (χ0v) is 8.47. The van der Waals surface area contributed by atoms with Gasteiger partial charge in [0, 0.05) is 13.7 Å². The van der Waals surface area contributed by atoms with Crippen LogP contribution in [0.3, 0.4) is 0 Å². The van der Waals surface area contributed by atoms with Crippen LogP contribution < -0.4 is 0 Å². The molecule has 0 aliphatic heterocycles. The highest BCUT2D eigenvalue weighted by atomic mass is 32.1. The van der Waals surface area contributed by atoms with Crippen molar-refractivity contribution in [3.63, 3.8) is 0 Å². The number of unbranched alkanes of at least 4 members (excludes halogenated alkanes) is 1. The summed E-state index contributed by atoms with van der Waals surface area (Å²) in [5, 5.41) is -0.326. The van der Waals surface area contributed by atoms with Crippen molar-refractivity contribution in [2.75, 3.05) is 20.3 Å². The first-order valence-corrected chi connectivity index (χ1v) is 4.53. The van der Waals surface area contributed by atoms with Crippen LogP contribution in [-0.4, -0.2) is 31.5 Å². The van der Waals surface area contributed by atoms with Crippen molar-refractivity contribution in [1.29, 1.82) is 0 Å². The van der Waals surface area contributed by atoms with Gasteiger partial charge in [0.15, 0.2) is 0 Å². The molecular weight excluding hydrogens is 176 g/mol. The van der Waals surface area contributed by atoms with E-state index in [1.165, 1.54) is 0 Å². The molecule has 0 spiro atoms. The number of hydrogen-bond acceptors (Lipinski definition) is 4. The van der Waals surface area contributed by atoms with E-state index in [-0.39, 0.29) is 11.2 Å². The molecule has 1 atom stereocenters. The second-order valence-electron chi connectivity index (χ2n) is 2.54. The third-order valence-corrected chi connectivity index (χ3v) is 1.54. The zero-order valence-electron chi connectivity index (χ0n) is 7.58. The summed E-state index contributed by atoms with van der Waals surface area (Å²) < 4.78 is 9.72. The SMILES string of the molecule is COCCCCOC(=O)C(C)S. The monoisotopic (exact) mass is 192 g/mol. The van der Waals surface area contributed by atoms with E-state index in [1.807, 2.05) is 0 Å². The highest BCUT2D eigenvalue weighted by Crippen LogP contribution is 1.98. The second-order valence-corrected chi connectivity index (χ2v) is 3.32. The van der Waals surface area contributed by atoms with E-state index >= 15 is 0 Å². The fourth-order valence-electron chi connectivity index (χ4n) is 0.642. The Balaban J connectivity index is 3.14. The smallest absolute Gasteiger partial charge is 0.318 e. The molecule has 0 heterocycles. The van der Waals surface area contributed by atoms with E-state index in [9.17, 15) is 4.79 Å². The summed E-state index contributed by atoms with van der Waals surface area (Å²) in [4.78, 5) is 10.8. The number of hydrogen-bond donors (Lipinski definition) is 1. The quantitative estimate of drug-likeness (QED) is 0.391. The maximum atomic E-state index is 10.8. The Morgan fingerprint density at radius 1 is 1.42 bits per heavy atom. The molecule has 3 nitrogen and oxygen atoms in total. The lowest BCUT2D eigenvalue weighted by Crippen LogP contribution is -2.15. The van der Waals surface area contributed by atoms with E-state index in [0.29, 0.717) is 13.2 Å². The number of carbonyl (C=O) groups is 1. The molecule has 0 aliphatic carbocycles. The summed E-state index contributed by atoms with van der Waals surface area (Å²) in [6.07, 6.45) is 1.77. The van der Waals surface area contributed by atoms with Gasteiger partial charge < -0.3 is 9.47 Å². The minimum atomic E-state index is -0.326. The third kappa shape index (κ3) is 6.49. The lowest BCUT2D eigenvalue weighted by Gasteiger charge is -2.05. The maximum Gasteiger partial charge on any atom is 0.318 e. The van der Waals surface area contributed by atoms with Crippen LogP contribution in [0.1, 0.15) is 19.8 Å². The van der Waals surface area contributed by atoms with Gasteiger partial charge in [-0.1, -0.05) is 0 Å². The zero-order chi connectivity index (χ0) is 9.40. The first kappa shape index (κ1) is 11.8. The molecule has 1 unspecified atom stereocenters. The number of methoxy groups -OCH3 is 1. The van der Waals surface area contributed by atoms with Crippen LogP contribution in [0.2, 0.25) is 0 Å². The molecule has 0 fully saturated rings. The molecule has 0 rings (SSSR count). The van der Waals surface area contributed by atoms with Crippen molar-refractivity contribution in [2.45, 2.75) is 25.0 Å². The summed E-state index contributed by atoms with van der Waals surface area (Å²) in [7, 11) is 1.65. The van der Waals surface area contributed by atoms with Crippen molar-refractivity contribution in [3.05, 3.63) is 0 Å². The molecular formula is C8H16O3S. The van der Waals surface area contributed by atoms with E-state index in [0.717, 1.165) is 12.8 Å². The Bertz CT molecular complexity index is 125. The molecule has 12 heavy (non-hydrogen) atoms. The van der Waals surface area contributed by atoms with Gasteiger partial charge in [-0.25, -0.2) is 0 Å². The Kier molecular flexibility index (Phi) is 7.29. The number of esters is 1. The molecule has 0 radical (unpaired) electrons. The van der Waals surface area contributed by atoms with E-state index in [2.05, 4.69) is 12.6 Å².